The molecule has 1 aliphatic carbocycles. The summed E-state index contributed by atoms with van der Waals surface area (Å²) in [6, 6.07) is 12.1. The van der Waals surface area contributed by atoms with Gasteiger partial charge in [-0.05, 0) is 65.0 Å². The summed E-state index contributed by atoms with van der Waals surface area (Å²) in [7, 11) is 0. The fourth-order valence-corrected chi connectivity index (χ4v) is 5.46. The predicted octanol–water partition coefficient (Wildman–Crippen LogP) is 6.33. The van der Waals surface area contributed by atoms with Gasteiger partial charge in [-0.15, -0.1) is 0 Å². The highest BCUT2D eigenvalue weighted by Gasteiger charge is 2.43. The van der Waals surface area contributed by atoms with Crippen molar-refractivity contribution in [3.63, 3.8) is 0 Å². The van der Waals surface area contributed by atoms with E-state index >= 15 is 0 Å². The monoisotopic (exact) mass is 541 g/mol. The van der Waals surface area contributed by atoms with E-state index in [1.54, 1.807) is 17.0 Å². The Bertz CT molecular complexity index is 1260. The van der Waals surface area contributed by atoms with Crippen molar-refractivity contribution in [3.8, 4) is 11.3 Å². The minimum absolute atomic E-state index is 0.0365. The van der Waals surface area contributed by atoms with Gasteiger partial charge in [-0.1, -0.05) is 38.0 Å². The van der Waals surface area contributed by atoms with Gasteiger partial charge < -0.3 is 19.5 Å². The summed E-state index contributed by atoms with van der Waals surface area (Å²) < 4.78 is 6.77. The van der Waals surface area contributed by atoms with Gasteiger partial charge in [-0.25, -0.2) is 4.79 Å². The highest BCUT2D eigenvalue weighted by atomic mass is 79.9. The quantitative estimate of drug-likeness (QED) is 0.327. The van der Waals surface area contributed by atoms with Crippen molar-refractivity contribution in [3.05, 3.63) is 58.1 Å². The van der Waals surface area contributed by atoms with E-state index in [0.29, 0.717) is 43.6 Å². The van der Waals surface area contributed by atoms with E-state index in [1.165, 1.54) is 12.1 Å². The Morgan fingerprint density at radius 1 is 1.06 bits per heavy atom. The van der Waals surface area contributed by atoms with E-state index in [4.69, 9.17) is 9.52 Å². The van der Waals surface area contributed by atoms with Crippen LogP contribution in [0.25, 0.3) is 22.3 Å². The first-order valence-corrected chi connectivity index (χ1v) is 12.6. The van der Waals surface area contributed by atoms with Crippen molar-refractivity contribution in [2.24, 2.45) is 5.41 Å². The third kappa shape index (κ3) is 5.12. The summed E-state index contributed by atoms with van der Waals surface area (Å²) in [6.07, 6.45) is 4.00. The van der Waals surface area contributed by atoms with E-state index < -0.39 is 17.4 Å². The van der Waals surface area contributed by atoms with E-state index in [-0.39, 0.29) is 18.0 Å². The zero-order valence-electron chi connectivity index (χ0n) is 19.6. The lowest BCUT2D eigenvalue weighted by atomic mass is 9.85. The molecule has 0 aliphatic heterocycles. The zero-order valence-corrected chi connectivity index (χ0v) is 21.1. The summed E-state index contributed by atoms with van der Waals surface area (Å²) in [5.41, 5.74) is 1.60. The minimum atomic E-state index is -0.991. The molecule has 1 heterocycles. The number of carboxylic acid groups (broad SMARTS) is 2. The number of hydrogen-bond acceptors (Lipinski definition) is 4. The van der Waals surface area contributed by atoms with Gasteiger partial charge in [0, 0.05) is 30.5 Å². The van der Waals surface area contributed by atoms with Crippen LogP contribution in [0.15, 0.2) is 51.4 Å². The molecule has 0 saturated heterocycles. The number of amides is 1. The maximum Gasteiger partial charge on any atom is 0.335 e. The van der Waals surface area contributed by atoms with Crippen LogP contribution < -0.4 is 0 Å². The molecule has 2 N–H and O–H groups in total. The van der Waals surface area contributed by atoms with Crippen molar-refractivity contribution in [2.75, 3.05) is 6.54 Å². The molecule has 0 bridgehead atoms. The Hall–Kier alpha value is -3.13. The largest absolute Gasteiger partial charge is 0.481 e. The number of carbonyl (C=O) groups excluding carboxylic acids is 1. The van der Waals surface area contributed by atoms with Gasteiger partial charge in [0.25, 0.3) is 0 Å². The minimum Gasteiger partial charge on any atom is -0.481 e. The molecule has 184 valence electrons. The van der Waals surface area contributed by atoms with E-state index in [0.717, 1.165) is 33.8 Å². The van der Waals surface area contributed by atoms with Crippen LogP contribution in [-0.2, 0) is 16.1 Å². The summed E-state index contributed by atoms with van der Waals surface area (Å²) in [5.74, 6) is -1.26. The maximum atomic E-state index is 13.0. The van der Waals surface area contributed by atoms with Crippen LogP contribution in [0, 0.1) is 5.41 Å². The van der Waals surface area contributed by atoms with E-state index in [1.807, 2.05) is 25.1 Å². The van der Waals surface area contributed by atoms with Gasteiger partial charge in [0.2, 0.25) is 5.91 Å². The number of aromatic carboxylic acids is 1. The lowest BCUT2D eigenvalue weighted by molar-refractivity contribution is -0.151. The number of fused-ring (bicyclic) bond motifs is 1. The highest BCUT2D eigenvalue weighted by Crippen LogP contribution is 2.41. The molecule has 1 amide bonds. The molecule has 0 spiro atoms. The molecule has 8 heteroatoms. The number of halogens is 1. The Labute approximate surface area is 211 Å². The van der Waals surface area contributed by atoms with Gasteiger partial charge in [-0.2, -0.15) is 0 Å². The number of nitrogens with zero attached hydrogens (tertiary/aromatic N) is 1. The Kier molecular flexibility index (Phi) is 7.31. The molecular weight excluding hydrogens is 514 g/mol. The van der Waals surface area contributed by atoms with Crippen LogP contribution >= 0.6 is 15.9 Å². The van der Waals surface area contributed by atoms with Gasteiger partial charge in [-0.3, -0.25) is 9.59 Å². The molecule has 0 radical (unpaired) electrons. The third-order valence-electron chi connectivity index (χ3n) is 6.78. The normalized spacial score (nSPS) is 14.8. The predicted molar refractivity (Wildman–Crippen MR) is 135 cm³/mol. The van der Waals surface area contributed by atoms with Gasteiger partial charge in [0.1, 0.15) is 11.3 Å². The lowest BCUT2D eigenvalue weighted by Gasteiger charge is -2.32. The second kappa shape index (κ2) is 10.2. The van der Waals surface area contributed by atoms with Crippen LogP contribution in [0.1, 0.15) is 61.4 Å². The first-order chi connectivity index (χ1) is 16.7. The van der Waals surface area contributed by atoms with Crippen LogP contribution in [0.5, 0.6) is 0 Å². The average molecular weight is 542 g/mol. The van der Waals surface area contributed by atoms with E-state index in [9.17, 15) is 19.5 Å². The van der Waals surface area contributed by atoms with Crippen LogP contribution in [0.4, 0.5) is 0 Å². The van der Waals surface area contributed by atoms with Crippen molar-refractivity contribution < 1.29 is 29.0 Å². The smallest absolute Gasteiger partial charge is 0.335 e. The molecule has 35 heavy (non-hydrogen) atoms. The summed E-state index contributed by atoms with van der Waals surface area (Å²) >= 11 is 3.62. The van der Waals surface area contributed by atoms with Gasteiger partial charge in [0.15, 0.2) is 0 Å². The Morgan fingerprint density at radius 2 is 1.74 bits per heavy atom. The number of rotatable bonds is 9. The van der Waals surface area contributed by atoms with Crippen molar-refractivity contribution in [2.45, 2.75) is 52.0 Å². The Morgan fingerprint density at radius 3 is 2.34 bits per heavy atom. The molecule has 1 fully saturated rings. The molecule has 0 atom stereocenters. The zero-order chi connectivity index (χ0) is 25.2. The van der Waals surface area contributed by atoms with Crippen molar-refractivity contribution in [1.29, 1.82) is 0 Å². The van der Waals surface area contributed by atoms with Gasteiger partial charge in [0.05, 0.1) is 15.5 Å². The SMILES string of the molecule is CCCC(=O)N(Cc1ccc2oc(-c3ccc(C(=O)O)cc3)c(Br)c2c1)CC1(C(=O)O)CCCC1. The number of carbonyl (C=O) groups is 3. The molecule has 4 rings (SSSR count). The number of benzene rings is 2. The number of aliphatic carboxylic acids is 1. The first-order valence-electron chi connectivity index (χ1n) is 11.8. The molecule has 7 nitrogen and oxygen atoms in total. The van der Waals surface area contributed by atoms with Crippen molar-refractivity contribution >= 4 is 44.7 Å². The standard InChI is InChI=1S/C27H28BrNO6/c1-2-5-22(30)29(16-27(26(33)34)12-3-4-13-27)15-17-6-11-21-20(14-17)23(28)24(35-21)18-7-9-19(10-8-18)25(31)32/h6-11,14H,2-5,12-13,15-16H2,1H3,(H,31,32)(H,33,34). The van der Waals surface area contributed by atoms with Gasteiger partial charge >= 0.3 is 11.9 Å². The first kappa shape index (κ1) is 25.0. The maximum absolute atomic E-state index is 13.0. The molecule has 1 aromatic heterocycles. The lowest BCUT2D eigenvalue weighted by Crippen LogP contribution is -2.43. The van der Waals surface area contributed by atoms with Crippen LogP contribution in [-0.4, -0.2) is 39.5 Å². The summed E-state index contributed by atoms with van der Waals surface area (Å²) in [4.78, 5) is 37.9. The molecular formula is C27H28BrNO6. The van der Waals surface area contributed by atoms with E-state index in [2.05, 4.69) is 15.9 Å². The number of carboxylic acids is 2. The number of furan rings is 1. The molecule has 0 unspecified atom stereocenters. The Balaban J connectivity index is 1.63. The van der Waals surface area contributed by atoms with Crippen LogP contribution in [0.2, 0.25) is 0 Å². The fourth-order valence-electron chi connectivity index (χ4n) is 4.84. The number of hydrogen-bond donors (Lipinski definition) is 2. The van der Waals surface area contributed by atoms with Crippen molar-refractivity contribution in [1.82, 2.24) is 4.90 Å². The molecule has 1 saturated carbocycles. The third-order valence-corrected chi connectivity index (χ3v) is 7.57. The summed E-state index contributed by atoms with van der Waals surface area (Å²) in [6.45, 7) is 2.48. The topological polar surface area (TPSA) is 108 Å². The molecule has 3 aromatic rings. The summed E-state index contributed by atoms with van der Waals surface area (Å²) in [5, 5.41) is 19.9. The fraction of sp³-hybridized carbons (Fsp3) is 0.370. The highest BCUT2D eigenvalue weighted by molar-refractivity contribution is 9.10. The second-order valence-electron chi connectivity index (χ2n) is 9.25. The van der Waals surface area contributed by atoms with Crippen LogP contribution in [0.3, 0.4) is 0 Å². The average Bonchev–Trinajstić information content (AvgIpc) is 3.44. The second-order valence-corrected chi connectivity index (χ2v) is 10.0. The molecule has 2 aromatic carbocycles. The molecule has 1 aliphatic rings.